The third-order valence-electron chi connectivity index (χ3n) is 5.03. The van der Waals surface area contributed by atoms with Crippen LogP contribution < -0.4 is 5.32 Å². The van der Waals surface area contributed by atoms with Crippen molar-refractivity contribution in [2.24, 2.45) is 0 Å². The lowest BCUT2D eigenvalue weighted by molar-refractivity contribution is 0.243. The molecule has 0 bridgehead atoms. The maximum atomic E-state index is 4.62. The Bertz CT molecular complexity index is 446. The smallest absolute Gasteiger partial charge is 0.0644 e. The second kappa shape index (κ2) is 7.41. The first-order valence-electron chi connectivity index (χ1n) is 8.52. The number of likely N-dealkylation sites (N-methyl/N-ethyl adjacent to an activating group) is 1. The maximum Gasteiger partial charge on any atom is 0.0644 e. The largest absolute Gasteiger partial charge is 0.309 e. The van der Waals surface area contributed by atoms with Gasteiger partial charge in [0, 0.05) is 43.0 Å². The molecule has 0 spiro atoms. The van der Waals surface area contributed by atoms with Crippen LogP contribution in [0.1, 0.15) is 62.5 Å². The van der Waals surface area contributed by atoms with E-state index in [1.807, 2.05) is 0 Å². The first-order valence-corrected chi connectivity index (χ1v) is 8.52. The Balaban J connectivity index is 1.84. The minimum atomic E-state index is 0.377. The van der Waals surface area contributed by atoms with Crippen LogP contribution in [0.5, 0.6) is 0 Å². The molecule has 1 aliphatic rings. The molecule has 1 unspecified atom stereocenters. The lowest BCUT2D eigenvalue weighted by Gasteiger charge is -2.25. The third-order valence-corrected chi connectivity index (χ3v) is 5.03. The summed E-state index contributed by atoms with van der Waals surface area (Å²) in [6, 6.07) is 1.19. The molecule has 120 valence electrons. The quantitative estimate of drug-likeness (QED) is 0.838. The number of nitrogens with zero attached hydrogens (tertiary/aromatic N) is 3. The highest BCUT2D eigenvalue weighted by molar-refractivity contribution is 5.27. The van der Waals surface area contributed by atoms with Gasteiger partial charge in [-0.15, -0.1) is 0 Å². The van der Waals surface area contributed by atoms with Crippen molar-refractivity contribution in [1.29, 1.82) is 0 Å². The number of aromatic nitrogens is 2. The van der Waals surface area contributed by atoms with Gasteiger partial charge in [-0.25, -0.2) is 0 Å². The molecular formula is C17H32N4. The van der Waals surface area contributed by atoms with Gasteiger partial charge in [0.05, 0.1) is 5.69 Å². The van der Waals surface area contributed by atoms with Gasteiger partial charge in [0.2, 0.25) is 0 Å². The van der Waals surface area contributed by atoms with Crippen molar-refractivity contribution in [2.45, 2.75) is 72.0 Å². The van der Waals surface area contributed by atoms with Gasteiger partial charge in [0.25, 0.3) is 0 Å². The van der Waals surface area contributed by atoms with Gasteiger partial charge in [-0.3, -0.25) is 4.68 Å². The van der Waals surface area contributed by atoms with Crippen molar-refractivity contribution >= 4 is 0 Å². The Morgan fingerprint density at radius 3 is 2.57 bits per heavy atom. The van der Waals surface area contributed by atoms with E-state index in [1.165, 1.54) is 42.6 Å². The van der Waals surface area contributed by atoms with Crippen LogP contribution in [0, 0.1) is 13.8 Å². The zero-order chi connectivity index (χ0) is 15.4. The van der Waals surface area contributed by atoms with E-state index in [9.17, 15) is 0 Å². The van der Waals surface area contributed by atoms with E-state index in [0.29, 0.717) is 6.04 Å². The summed E-state index contributed by atoms with van der Waals surface area (Å²) < 4.78 is 2.10. The fourth-order valence-corrected chi connectivity index (χ4v) is 3.73. The lowest BCUT2D eigenvalue weighted by atomic mass is 10.1. The average Bonchev–Trinajstić information content (AvgIpc) is 3.06. The number of hydrogen-bond donors (Lipinski definition) is 1. The Morgan fingerprint density at radius 1 is 1.33 bits per heavy atom. The van der Waals surface area contributed by atoms with Crippen LogP contribution in [-0.4, -0.2) is 40.9 Å². The average molecular weight is 292 g/mol. The van der Waals surface area contributed by atoms with Crippen molar-refractivity contribution in [1.82, 2.24) is 20.0 Å². The zero-order valence-electron chi connectivity index (χ0n) is 14.4. The van der Waals surface area contributed by atoms with Crippen LogP contribution in [0.2, 0.25) is 0 Å². The molecule has 1 aliphatic carbocycles. The third kappa shape index (κ3) is 3.86. The topological polar surface area (TPSA) is 33.1 Å². The molecule has 0 aliphatic heterocycles. The summed E-state index contributed by atoms with van der Waals surface area (Å²) in [5, 5.41) is 8.30. The van der Waals surface area contributed by atoms with Crippen molar-refractivity contribution in [3.05, 3.63) is 17.0 Å². The van der Waals surface area contributed by atoms with E-state index in [1.54, 1.807) is 0 Å². The molecule has 1 N–H and O–H groups in total. The van der Waals surface area contributed by atoms with E-state index in [0.717, 1.165) is 25.7 Å². The summed E-state index contributed by atoms with van der Waals surface area (Å²) in [7, 11) is 2.27. The van der Waals surface area contributed by atoms with Gasteiger partial charge in [-0.1, -0.05) is 12.8 Å². The van der Waals surface area contributed by atoms with Crippen molar-refractivity contribution in [3.8, 4) is 0 Å². The standard InChI is InChI=1S/C17H32N4/c1-6-21-15(4)17(14(3)19-21)13(2)18-11-12-20(5)16-9-7-8-10-16/h13,16,18H,6-12H2,1-5H3. The number of rotatable bonds is 7. The molecule has 1 aromatic heterocycles. The molecule has 1 heterocycles. The molecule has 1 saturated carbocycles. The van der Waals surface area contributed by atoms with Crippen molar-refractivity contribution in [2.75, 3.05) is 20.1 Å². The van der Waals surface area contributed by atoms with Gasteiger partial charge in [0.1, 0.15) is 0 Å². The van der Waals surface area contributed by atoms with E-state index < -0.39 is 0 Å². The van der Waals surface area contributed by atoms with Gasteiger partial charge in [0.15, 0.2) is 0 Å². The molecule has 1 atom stereocenters. The molecule has 1 aromatic rings. The lowest BCUT2D eigenvalue weighted by Crippen LogP contribution is -2.36. The fourth-order valence-electron chi connectivity index (χ4n) is 3.73. The number of nitrogens with one attached hydrogen (secondary N) is 1. The van der Waals surface area contributed by atoms with Gasteiger partial charge >= 0.3 is 0 Å². The summed E-state index contributed by atoms with van der Waals surface area (Å²) in [5.74, 6) is 0. The highest BCUT2D eigenvalue weighted by Crippen LogP contribution is 2.23. The second-order valence-electron chi connectivity index (χ2n) is 6.49. The normalized spacial score (nSPS) is 17.8. The molecule has 21 heavy (non-hydrogen) atoms. The Morgan fingerprint density at radius 2 is 2.00 bits per heavy atom. The summed E-state index contributed by atoms with van der Waals surface area (Å²) in [4.78, 5) is 2.53. The summed E-state index contributed by atoms with van der Waals surface area (Å²) >= 11 is 0. The van der Waals surface area contributed by atoms with Crippen LogP contribution in [-0.2, 0) is 6.54 Å². The molecule has 1 fully saturated rings. The minimum absolute atomic E-state index is 0.377. The zero-order valence-corrected chi connectivity index (χ0v) is 14.4. The van der Waals surface area contributed by atoms with Crippen molar-refractivity contribution < 1.29 is 0 Å². The molecule has 0 saturated heterocycles. The van der Waals surface area contributed by atoms with E-state index in [-0.39, 0.29) is 0 Å². The molecule has 4 nitrogen and oxygen atoms in total. The monoisotopic (exact) mass is 292 g/mol. The van der Waals surface area contributed by atoms with Crippen LogP contribution >= 0.6 is 0 Å². The highest BCUT2D eigenvalue weighted by Gasteiger charge is 2.20. The van der Waals surface area contributed by atoms with Gasteiger partial charge < -0.3 is 10.2 Å². The first kappa shape index (κ1) is 16.5. The summed E-state index contributed by atoms with van der Waals surface area (Å²) in [6.07, 6.45) is 5.59. The Kier molecular flexibility index (Phi) is 5.82. The van der Waals surface area contributed by atoms with Gasteiger partial charge in [-0.05, 0) is 47.6 Å². The highest BCUT2D eigenvalue weighted by atomic mass is 15.3. The molecule has 0 aromatic carbocycles. The SMILES string of the molecule is CCn1nc(C)c(C(C)NCCN(C)C2CCCC2)c1C. The van der Waals surface area contributed by atoms with Crippen LogP contribution in [0.15, 0.2) is 0 Å². The molecule has 0 radical (unpaired) electrons. The molecule has 4 heteroatoms. The van der Waals surface area contributed by atoms with Crippen LogP contribution in [0.4, 0.5) is 0 Å². The van der Waals surface area contributed by atoms with Crippen LogP contribution in [0.25, 0.3) is 0 Å². The number of aryl methyl sites for hydroxylation is 2. The van der Waals surface area contributed by atoms with E-state index in [4.69, 9.17) is 0 Å². The summed E-state index contributed by atoms with van der Waals surface area (Å²) in [6.45, 7) is 11.8. The van der Waals surface area contributed by atoms with Crippen LogP contribution in [0.3, 0.4) is 0 Å². The predicted molar refractivity (Wildman–Crippen MR) is 88.7 cm³/mol. The molecular weight excluding hydrogens is 260 g/mol. The van der Waals surface area contributed by atoms with Crippen molar-refractivity contribution in [3.63, 3.8) is 0 Å². The second-order valence-corrected chi connectivity index (χ2v) is 6.49. The summed E-state index contributed by atoms with van der Waals surface area (Å²) in [5.41, 5.74) is 3.85. The minimum Gasteiger partial charge on any atom is -0.309 e. The number of hydrogen-bond acceptors (Lipinski definition) is 3. The fraction of sp³-hybridized carbons (Fsp3) is 0.824. The predicted octanol–water partition coefficient (Wildman–Crippen LogP) is 3.04. The van der Waals surface area contributed by atoms with E-state index >= 15 is 0 Å². The van der Waals surface area contributed by atoms with Gasteiger partial charge in [-0.2, -0.15) is 5.10 Å². The Hall–Kier alpha value is -0.870. The molecule has 2 rings (SSSR count). The maximum absolute atomic E-state index is 4.62. The van der Waals surface area contributed by atoms with E-state index in [2.05, 4.69) is 54.7 Å². The molecule has 0 amide bonds. The first-order chi connectivity index (χ1) is 10.0. The Labute approximate surface area is 129 Å².